The molecule has 2 nitrogen and oxygen atoms in total. The molecule has 0 heterocycles. The standard InChI is InChI=1S/C138H92F8N2/c1-9-81-35-45-87(46-36-81)135(91-53-65-125(143)127(145)73-91)117-30-18-14-23-103(117)108-60-55-99(77-121(108)135)148(100-56-61-109-104-24-15-19-31-118(104)136(122(109)78-100,88-47-37-82(10-2)38-48-88)92-54-66-126(144)128(146)74-92)130-34-22-28-113-114-67-85(44-64-116(114)134(7,8)132(113)130)86-43-59-107-111-63-58-102(80-124(111)138(120(107)68-86,90-51-41-84(12-4)42-52-90)94-71-97(141)76-98(142)72-94)147(129-33-21-27-112-106-26-13-17-29-115(106)133(5,6)131(112)129)101-57-62-110-105-25-16-20-32-119(105)137(123(110)79-101,89-49-39-83(11-3)40-50-89)93-69-95(139)75-96(140)70-93/h9-80H,1-4H2,5-8H3. The Morgan fingerprint density at radius 1 is 0.189 bits per heavy atom. The molecule has 0 amide bonds. The highest BCUT2D eigenvalue weighted by molar-refractivity contribution is 6.01. The molecule has 0 aromatic heterocycles. The summed E-state index contributed by atoms with van der Waals surface area (Å²) in [5.74, 6) is -6.93. The molecule has 26 rings (SSSR count). The van der Waals surface area contributed by atoms with Crippen molar-refractivity contribution in [2.24, 2.45) is 0 Å². The number of benzene rings is 20. The van der Waals surface area contributed by atoms with E-state index in [1.165, 1.54) is 48.5 Å². The average molecular weight is 1930 g/mol. The molecule has 0 N–H and O–H groups in total. The highest BCUT2D eigenvalue weighted by Gasteiger charge is 2.54. The molecule has 0 radical (unpaired) electrons. The monoisotopic (exact) mass is 1930 g/mol. The van der Waals surface area contributed by atoms with E-state index in [0.29, 0.717) is 39.3 Å². The molecule has 6 aliphatic rings. The predicted molar refractivity (Wildman–Crippen MR) is 586 cm³/mol. The number of rotatable bonds is 19. The van der Waals surface area contributed by atoms with E-state index in [-0.39, 0.29) is 0 Å². The molecule has 10 heteroatoms. The van der Waals surface area contributed by atoms with E-state index in [4.69, 9.17) is 0 Å². The normalized spacial score (nSPS) is 17.2. The van der Waals surface area contributed by atoms with E-state index >= 15 is 35.1 Å². The van der Waals surface area contributed by atoms with Crippen LogP contribution in [0.4, 0.5) is 69.2 Å². The highest BCUT2D eigenvalue weighted by atomic mass is 19.2. The van der Waals surface area contributed by atoms with Crippen LogP contribution in [0.15, 0.2) is 439 Å². The summed E-state index contributed by atoms with van der Waals surface area (Å²) in [5.41, 5.74) is 29.7. The van der Waals surface area contributed by atoms with Gasteiger partial charge < -0.3 is 9.80 Å². The summed E-state index contributed by atoms with van der Waals surface area (Å²) >= 11 is 0. The third-order valence-corrected chi connectivity index (χ3v) is 32.9. The number of hydrogen-bond donors (Lipinski definition) is 0. The van der Waals surface area contributed by atoms with Gasteiger partial charge in [0.1, 0.15) is 23.3 Å². The van der Waals surface area contributed by atoms with Gasteiger partial charge in [0, 0.05) is 45.7 Å². The summed E-state index contributed by atoms with van der Waals surface area (Å²) in [6, 6.07) is 133. The van der Waals surface area contributed by atoms with Crippen LogP contribution >= 0.6 is 0 Å². The van der Waals surface area contributed by atoms with Crippen LogP contribution < -0.4 is 9.80 Å². The lowest BCUT2D eigenvalue weighted by molar-refractivity contribution is 0.505. The van der Waals surface area contributed by atoms with E-state index in [9.17, 15) is 0 Å². The summed E-state index contributed by atoms with van der Waals surface area (Å²) in [6.45, 7) is 25.6. The maximum absolute atomic E-state index is 17.4. The van der Waals surface area contributed by atoms with Crippen molar-refractivity contribution in [3.8, 4) is 77.9 Å². The maximum Gasteiger partial charge on any atom is 0.159 e. The molecule has 0 fully saturated rings. The van der Waals surface area contributed by atoms with Gasteiger partial charge in [0.25, 0.3) is 0 Å². The van der Waals surface area contributed by atoms with Crippen molar-refractivity contribution in [3.05, 3.63) is 619 Å². The molecule has 0 aliphatic heterocycles. The number of anilines is 6. The Kier molecular flexibility index (Phi) is 20.5. The Morgan fingerprint density at radius 3 is 0.797 bits per heavy atom. The van der Waals surface area contributed by atoms with E-state index in [1.54, 1.807) is 36.4 Å². The van der Waals surface area contributed by atoms with Crippen LogP contribution in [-0.4, -0.2) is 0 Å². The van der Waals surface area contributed by atoms with Crippen LogP contribution in [0.1, 0.15) is 161 Å². The Morgan fingerprint density at radius 2 is 0.453 bits per heavy atom. The van der Waals surface area contributed by atoms with Gasteiger partial charge in [-0.25, -0.2) is 35.1 Å². The van der Waals surface area contributed by atoms with E-state index in [1.807, 2.05) is 133 Å². The van der Waals surface area contributed by atoms with Crippen molar-refractivity contribution in [1.82, 2.24) is 0 Å². The molecule has 20 aromatic carbocycles. The van der Waals surface area contributed by atoms with Crippen molar-refractivity contribution in [2.75, 3.05) is 9.80 Å². The highest BCUT2D eigenvalue weighted by Crippen LogP contribution is 2.67. The maximum atomic E-state index is 17.4. The van der Waals surface area contributed by atoms with Crippen LogP contribution in [-0.2, 0) is 32.5 Å². The van der Waals surface area contributed by atoms with E-state index < -0.39 is 79.0 Å². The van der Waals surface area contributed by atoms with Crippen LogP contribution in [0.25, 0.3) is 102 Å². The number of hydrogen-bond acceptors (Lipinski definition) is 2. The molecule has 4 atom stereocenters. The number of nitrogens with zero attached hydrogens (tertiary/aromatic N) is 2. The summed E-state index contributed by atoms with van der Waals surface area (Å²) in [5, 5.41) is 0. The lowest BCUT2D eigenvalue weighted by Gasteiger charge is -2.37. The fourth-order valence-corrected chi connectivity index (χ4v) is 26.6. The van der Waals surface area contributed by atoms with Gasteiger partial charge in [0.15, 0.2) is 23.3 Å². The Balaban J connectivity index is 0.684. The summed E-state index contributed by atoms with van der Waals surface area (Å²) in [4.78, 5) is 4.60. The van der Waals surface area contributed by atoms with Gasteiger partial charge in [0.2, 0.25) is 0 Å². The van der Waals surface area contributed by atoms with Crippen LogP contribution in [0, 0.1) is 46.5 Å². The minimum Gasteiger partial charge on any atom is -0.310 e. The van der Waals surface area contributed by atoms with Gasteiger partial charge in [-0.2, -0.15) is 0 Å². The average Bonchev–Trinajstić information content (AvgIpc) is 1.54. The predicted octanol–water partition coefficient (Wildman–Crippen LogP) is 36.0. The van der Waals surface area contributed by atoms with Crippen LogP contribution in [0.2, 0.25) is 0 Å². The van der Waals surface area contributed by atoms with Crippen LogP contribution in [0.3, 0.4) is 0 Å². The fourth-order valence-electron chi connectivity index (χ4n) is 26.6. The van der Waals surface area contributed by atoms with Crippen molar-refractivity contribution >= 4 is 58.4 Å². The molecule has 710 valence electrons. The van der Waals surface area contributed by atoms with E-state index in [0.717, 1.165) is 218 Å². The van der Waals surface area contributed by atoms with Crippen molar-refractivity contribution in [1.29, 1.82) is 0 Å². The number of halogens is 8. The molecule has 0 saturated carbocycles. The minimum atomic E-state index is -1.49. The van der Waals surface area contributed by atoms with Gasteiger partial charge in [0.05, 0.1) is 33.0 Å². The zero-order valence-corrected chi connectivity index (χ0v) is 81.3. The molecule has 4 unspecified atom stereocenters. The second kappa shape index (κ2) is 33.5. The van der Waals surface area contributed by atoms with Crippen molar-refractivity contribution in [3.63, 3.8) is 0 Å². The van der Waals surface area contributed by atoms with Gasteiger partial charge in [-0.1, -0.05) is 357 Å². The minimum absolute atomic E-state index is 0.344. The quantitative estimate of drug-likeness (QED) is 0.0745. The topological polar surface area (TPSA) is 6.48 Å². The molecule has 0 saturated heterocycles. The van der Waals surface area contributed by atoms with Gasteiger partial charge >= 0.3 is 0 Å². The first-order valence-electron chi connectivity index (χ1n) is 49.8. The Hall–Kier alpha value is -17.6. The molecule has 20 aromatic rings. The SMILES string of the molecule is C=Cc1ccc(C2(c3cc(F)cc(F)c3)c3ccccc3-c3ccc(N(c4ccc5c(c4)C(c4ccc(C=C)cc4)(c4cc(F)cc(F)c4)c4cc(-c6ccc7c(c6)-c6cccc(N(c8ccc9c(c8)C(c8ccc(C=C)cc8)(c8ccc(F)c(F)c8)c8ccccc8-9)c8ccc9c(c8)C(c8ccc(C=C)cc8)(c8ccc(F)c(F)c8)c8ccccc8-9)c6C7(C)C)ccc4-5)c4cccc5c4C(C)(C)c4ccccc4-5)cc32)cc1. The molecule has 0 spiro atoms. The van der Waals surface area contributed by atoms with Crippen LogP contribution in [0.5, 0.6) is 0 Å². The molecule has 148 heavy (non-hydrogen) atoms. The zero-order chi connectivity index (χ0) is 101. The lowest BCUT2D eigenvalue weighted by atomic mass is 9.67. The van der Waals surface area contributed by atoms with Crippen molar-refractivity contribution < 1.29 is 35.1 Å². The van der Waals surface area contributed by atoms with Crippen molar-refractivity contribution in [2.45, 2.75) is 60.2 Å². The van der Waals surface area contributed by atoms with Gasteiger partial charge in [-0.05, 0) is 333 Å². The van der Waals surface area contributed by atoms with Gasteiger partial charge in [-0.15, -0.1) is 0 Å². The fraction of sp³-hybridized carbons (Fsp3) is 0.0725. The molecular weight excluding hydrogens is 1840 g/mol. The van der Waals surface area contributed by atoms with E-state index in [2.05, 4.69) is 270 Å². The molecule has 6 aliphatic carbocycles. The second-order valence-electron chi connectivity index (χ2n) is 40.8. The first kappa shape index (κ1) is 90.4. The molecule has 0 bridgehead atoms. The summed E-state index contributed by atoms with van der Waals surface area (Å²) in [6.07, 6.45) is 7.12. The second-order valence-corrected chi connectivity index (χ2v) is 40.8. The third kappa shape index (κ3) is 12.9. The first-order chi connectivity index (χ1) is 71.9. The summed E-state index contributed by atoms with van der Waals surface area (Å²) in [7, 11) is 0. The third-order valence-electron chi connectivity index (χ3n) is 32.9. The Labute approximate surface area is 854 Å². The Bertz CT molecular complexity index is 8870. The smallest absolute Gasteiger partial charge is 0.159 e. The lowest BCUT2D eigenvalue weighted by Crippen LogP contribution is -2.30. The zero-order valence-electron chi connectivity index (χ0n) is 81.3. The van der Waals surface area contributed by atoms with Gasteiger partial charge in [-0.3, -0.25) is 0 Å². The first-order valence-corrected chi connectivity index (χ1v) is 49.8. The molecular formula is C138H92F8N2. The largest absolute Gasteiger partial charge is 0.310 e. The number of fused-ring (bicyclic) bond motifs is 18. The summed E-state index contributed by atoms with van der Waals surface area (Å²) < 4.78 is 133.